The van der Waals surface area contributed by atoms with Gasteiger partial charge in [0, 0.05) is 28.6 Å². The van der Waals surface area contributed by atoms with Crippen molar-refractivity contribution >= 4 is 54.6 Å². The van der Waals surface area contributed by atoms with Crippen LogP contribution < -0.4 is 4.74 Å². The van der Waals surface area contributed by atoms with Gasteiger partial charge in [-0.25, -0.2) is 8.42 Å². The number of ether oxygens (including phenoxy) is 1. The molecule has 1 fully saturated rings. The predicted molar refractivity (Wildman–Crippen MR) is 111 cm³/mol. The highest BCUT2D eigenvalue weighted by Crippen LogP contribution is 2.36. The molecular weight excluding hydrogens is 425 g/mol. The molecule has 0 radical (unpaired) electrons. The monoisotopic (exact) mass is 441 g/mol. The Morgan fingerprint density at radius 1 is 1.00 bits per heavy atom. The number of thiophene rings is 1. The third-order valence-corrected chi connectivity index (χ3v) is 8.31. The summed E-state index contributed by atoms with van der Waals surface area (Å²) in [7, 11) is -3.52. The molecule has 2 aromatic carbocycles. The van der Waals surface area contributed by atoms with E-state index in [9.17, 15) is 8.42 Å². The van der Waals surface area contributed by atoms with Crippen LogP contribution >= 0.6 is 34.5 Å². The van der Waals surface area contributed by atoms with Crippen LogP contribution in [0, 0.1) is 0 Å². The molecule has 1 aliphatic rings. The van der Waals surface area contributed by atoms with Crippen molar-refractivity contribution in [2.24, 2.45) is 0 Å². The Morgan fingerprint density at radius 3 is 2.37 bits per heavy atom. The van der Waals surface area contributed by atoms with E-state index >= 15 is 0 Å². The quantitative estimate of drug-likeness (QED) is 0.541. The summed E-state index contributed by atoms with van der Waals surface area (Å²) in [5, 5.41) is 3.43. The van der Waals surface area contributed by atoms with Crippen LogP contribution in [0.3, 0.4) is 0 Å². The number of hydrogen-bond donors (Lipinski definition) is 0. The van der Waals surface area contributed by atoms with Gasteiger partial charge in [0.2, 0.25) is 10.0 Å². The van der Waals surface area contributed by atoms with E-state index < -0.39 is 10.0 Å². The number of halogens is 2. The number of benzene rings is 2. The Labute approximate surface area is 172 Å². The van der Waals surface area contributed by atoms with Crippen molar-refractivity contribution in [3.63, 3.8) is 0 Å². The molecule has 1 saturated heterocycles. The zero-order valence-electron chi connectivity index (χ0n) is 14.3. The van der Waals surface area contributed by atoms with E-state index in [-0.39, 0.29) is 6.10 Å². The number of fused-ring (bicyclic) bond motifs is 1. The smallest absolute Gasteiger partial charge is 0.244 e. The maximum atomic E-state index is 13.1. The number of nitrogens with zero attached hydrogens (tertiary/aromatic N) is 1. The minimum atomic E-state index is -3.52. The molecule has 0 N–H and O–H groups in total. The number of piperidine rings is 1. The summed E-state index contributed by atoms with van der Waals surface area (Å²) in [5.74, 6) is 0.464. The van der Waals surface area contributed by atoms with Crippen LogP contribution in [-0.2, 0) is 10.0 Å². The van der Waals surface area contributed by atoms with Crippen molar-refractivity contribution in [1.29, 1.82) is 0 Å². The van der Waals surface area contributed by atoms with Crippen molar-refractivity contribution in [3.8, 4) is 5.75 Å². The second-order valence-corrected chi connectivity index (χ2v) is 10.0. The van der Waals surface area contributed by atoms with E-state index in [2.05, 4.69) is 0 Å². The highest BCUT2D eigenvalue weighted by molar-refractivity contribution is 7.89. The molecule has 0 saturated carbocycles. The second kappa shape index (κ2) is 7.60. The molecule has 4 rings (SSSR count). The maximum absolute atomic E-state index is 13.1. The molecule has 0 unspecified atom stereocenters. The lowest BCUT2D eigenvalue weighted by molar-refractivity contribution is 0.135. The SMILES string of the molecule is O=S(=O)(c1csc2ccccc12)N1CCC(Oc2c(Cl)cccc2Cl)CC1. The van der Waals surface area contributed by atoms with E-state index in [1.807, 2.05) is 24.3 Å². The van der Waals surface area contributed by atoms with Crippen molar-refractivity contribution < 1.29 is 13.2 Å². The Morgan fingerprint density at radius 2 is 1.67 bits per heavy atom. The fraction of sp³-hybridized carbons (Fsp3) is 0.263. The minimum Gasteiger partial charge on any atom is -0.487 e. The highest BCUT2D eigenvalue weighted by atomic mass is 35.5. The molecule has 0 amide bonds. The van der Waals surface area contributed by atoms with Crippen molar-refractivity contribution in [2.75, 3.05) is 13.1 Å². The second-order valence-electron chi connectivity index (χ2n) is 6.37. The Bertz CT molecular complexity index is 1050. The van der Waals surface area contributed by atoms with Gasteiger partial charge in [0.05, 0.1) is 10.0 Å². The first-order valence-corrected chi connectivity index (χ1v) is 11.6. The van der Waals surface area contributed by atoms with Crippen LogP contribution in [0.2, 0.25) is 10.0 Å². The zero-order valence-corrected chi connectivity index (χ0v) is 17.4. The summed E-state index contributed by atoms with van der Waals surface area (Å²) in [5.41, 5.74) is 0. The summed E-state index contributed by atoms with van der Waals surface area (Å²) < 4.78 is 34.6. The summed E-state index contributed by atoms with van der Waals surface area (Å²) in [6.07, 6.45) is 1.05. The van der Waals surface area contributed by atoms with Gasteiger partial charge in [0.25, 0.3) is 0 Å². The van der Waals surface area contributed by atoms with Gasteiger partial charge >= 0.3 is 0 Å². The van der Waals surface area contributed by atoms with Crippen LogP contribution in [0.25, 0.3) is 10.1 Å². The van der Waals surface area contributed by atoms with Gasteiger partial charge in [-0.15, -0.1) is 11.3 Å². The first-order chi connectivity index (χ1) is 13.0. The van der Waals surface area contributed by atoms with Crippen LogP contribution in [0.5, 0.6) is 5.75 Å². The molecule has 27 heavy (non-hydrogen) atoms. The molecular formula is C19H17Cl2NO3S2. The number of sulfonamides is 1. The molecule has 142 valence electrons. The highest BCUT2D eigenvalue weighted by Gasteiger charge is 2.32. The van der Waals surface area contributed by atoms with Gasteiger partial charge in [-0.1, -0.05) is 47.5 Å². The molecule has 0 atom stereocenters. The Balaban J connectivity index is 1.49. The van der Waals surface area contributed by atoms with E-state index in [0.717, 1.165) is 10.1 Å². The predicted octanol–water partition coefficient (Wildman–Crippen LogP) is 5.44. The fourth-order valence-corrected chi connectivity index (χ4v) is 6.67. The summed E-state index contributed by atoms with van der Waals surface area (Å²) in [4.78, 5) is 0.386. The summed E-state index contributed by atoms with van der Waals surface area (Å²) in [6, 6.07) is 12.8. The van der Waals surface area contributed by atoms with Crippen LogP contribution in [0.15, 0.2) is 52.7 Å². The van der Waals surface area contributed by atoms with Crippen LogP contribution in [0.1, 0.15) is 12.8 Å². The average molecular weight is 442 g/mol. The van der Waals surface area contributed by atoms with Gasteiger partial charge in [-0.05, 0) is 31.0 Å². The molecule has 0 bridgehead atoms. The maximum Gasteiger partial charge on any atom is 0.244 e. The average Bonchev–Trinajstić information content (AvgIpc) is 3.10. The largest absolute Gasteiger partial charge is 0.487 e. The lowest BCUT2D eigenvalue weighted by Crippen LogP contribution is -2.41. The minimum absolute atomic E-state index is 0.118. The fourth-order valence-electron chi connectivity index (χ4n) is 3.24. The van der Waals surface area contributed by atoms with Gasteiger partial charge in [-0.3, -0.25) is 0 Å². The standard InChI is InChI=1S/C19H17Cl2NO3S2/c20-15-5-3-6-16(21)19(15)25-13-8-10-22(11-9-13)27(23,24)18-12-26-17-7-2-1-4-14(17)18/h1-7,12-13H,8-11H2. The van der Waals surface area contributed by atoms with Gasteiger partial charge in [0.1, 0.15) is 11.0 Å². The Kier molecular flexibility index (Phi) is 5.36. The Hall–Kier alpha value is -1.31. The van der Waals surface area contributed by atoms with Crippen molar-refractivity contribution in [2.45, 2.75) is 23.8 Å². The summed E-state index contributed by atoms with van der Waals surface area (Å²) >= 11 is 13.8. The lowest BCUT2D eigenvalue weighted by atomic mass is 10.1. The third kappa shape index (κ3) is 3.69. The van der Waals surface area contributed by atoms with Gasteiger partial charge in [0.15, 0.2) is 5.75 Å². The van der Waals surface area contributed by atoms with E-state index in [1.165, 1.54) is 15.6 Å². The number of para-hydroxylation sites is 1. The molecule has 0 spiro atoms. The lowest BCUT2D eigenvalue weighted by Gasteiger charge is -2.31. The molecule has 0 aliphatic carbocycles. The first kappa shape index (κ1) is 19.0. The first-order valence-electron chi connectivity index (χ1n) is 8.54. The van der Waals surface area contributed by atoms with Gasteiger partial charge in [-0.2, -0.15) is 4.31 Å². The van der Waals surface area contributed by atoms with E-state index in [1.54, 1.807) is 23.6 Å². The summed E-state index contributed by atoms with van der Waals surface area (Å²) in [6.45, 7) is 0.804. The van der Waals surface area contributed by atoms with Crippen molar-refractivity contribution in [1.82, 2.24) is 4.31 Å². The van der Waals surface area contributed by atoms with E-state index in [4.69, 9.17) is 27.9 Å². The normalized spacial score (nSPS) is 16.7. The zero-order chi connectivity index (χ0) is 19.0. The molecule has 8 heteroatoms. The topological polar surface area (TPSA) is 46.6 Å². The van der Waals surface area contributed by atoms with E-state index in [0.29, 0.717) is 46.6 Å². The molecule has 1 aromatic heterocycles. The van der Waals surface area contributed by atoms with Crippen molar-refractivity contribution in [3.05, 3.63) is 57.9 Å². The molecule has 2 heterocycles. The number of hydrogen-bond acceptors (Lipinski definition) is 4. The van der Waals surface area contributed by atoms with Crippen LogP contribution in [-0.4, -0.2) is 31.9 Å². The molecule has 4 nitrogen and oxygen atoms in total. The molecule has 3 aromatic rings. The van der Waals surface area contributed by atoms with Crippen LogP contribution in [0.4, 0.5) is 0 Å². The number of rotatable bonds is 4. The third-order valence-electron chi connectivity index (χ3n) is 4.67. The van der Waals surface area contributed by atoms with Gasteiger partial charge < -0.3 is 4.74 Å². The molecule has 1 aliphatic heterocycles.